The second-order valence-corrected chi connectivity index (χ2v) is 8.67. The Morgan fingerprint density at radius 2 is 1.67 bits per heavy atom. The number of amides is 1. The lowest BCUT2D eigenvalue weighted by molar-refractivity contribution is -0.134. The van der Waals surface area contributed by atoms with E-state index in [9.17, 15) is 13.2 Å². The van der Waals surface area contributed by atoms with Gasteiger partial charge in [-0.25, -0.2) is 8.42 Å². The lowest BCUT2D eigenvalue weighted by Gasteiger charge is -2.27. The van der Waals surface area contributed by atoms with Crippen LogP contribution >= 0.6 is 11.6 Å². The van der Waals surface area contributed by atoms with E-state index in [1.54, 1.807) is 41.3 Å². The lowest BCUT2D eigenvalue weighted by Crippen LogP contribution is -2.41. The summed E-state index contributed by atoms with van der Waals surface area (Å²) in [7, 11) is -2.18. The van der Waals surface area contributed by atoms with Crippen LogP contribution in [-0.2, 0) is 26.0 Å². The second kappa shape index (κ2) is 8.29. The van der Waals surface area contributed by atoms with Crippen LogP contribution < -0.4 is 4.31 Å². The number of benzene rings is 2. The monoisotopic (exact) mass is 408 g/mol. The number of halogens is 1. The third-order valence-electron chi connectivity index (χ3n) is 4.49. The Balaban J connectivity index is 1.70. The van der Waals surface area contributed by atoms with Gasteiger partial charge in [0.05, 0.1) is 30.2 Å². The predicted octanol–water partition coefficient (Wildman–Crippen LogP) is 2.57. The molecular formula is C19H21ClN2O4S. The molecule has 0 N–H and O–H groups in total. The fourth-order valence-electron chi connectivity index (χ4n) is 2.83. The number of ether oxygens (including phenoxy) is 1. The fraction of sp³-hybridized carbons (Fsp3) is 0.316. The van der Waals surface area contributed by atoms with Gasteiger partial charge >= 0.3 is 0 Å². The normalized spacial score (nSPS) is 14.8. The molecule has 2 aromatic rings. The largest absolute Gasteiger partial charge is 0.378 e. The Morgan fingerprint density at radius 3 is 2.26 bits per heavy atom. The maximum atomic E-state index is 12.7. The average Bonchev–Trinajstić information content (AvgIpc) is 2.69. The Bertz CT molecular complexity index is 892. The topological polar surface area (TPSA) is 66.9 Å². The molecule has 8 heteroatoms. The summed E-state index contributed by atoms with van der Waals surface area (Å²) in [5.41, 5.74) is 1.36. The molecule has 0 radical (unpaired) electrons. The Hall–Kier alpha value is -2.09. The third-order valence-corrected chi connectivity index (χ3v) is 6.54. The molecule has 1 heterocycles. The van der Waals surface area contributed by atoms with Gasteiger partial charge in [0.1, 0.15) is 0 Å². The highest BCUT2D eigenvalue weighted by Gasteiger charge is 2.21. The number of nitrogens with zero attached hydrogens (tertiary/aromatic N) is 2. The number of hydrogen-bond acceptors (Lipinski definition) is 4. The molecule has 0 unspecified atom stereocenters. The van der Waals surface area contributed by atoms with Crippen LogP contribution in [-0.4, -0.2) is 52.6 Å². The summed E-state index contributed by atoms with van der Waals surface area (Å²) in [6, 6.07) is 13.0. The van der Waals surface area contributed by atoms with Crippen molar-refractivity contribution in [2.75, 3.05) is 37.7 Å². The van der Waals surface area contributed by atoms with Gasteiger partial charge in [-0.2, -0.15) is 0 Å². The molecule has 1 saturated heterocycles. The van der Waals surface area contributed by atoms with Gasteiger partial charge < -0.3 is 9.64 Å². The van der Waals surface area contributed by atoms with Crippen molar-refractivity contribution in [2.45, 2.75) is 11.3 Å². The number of carbonyl (C=O) groups excluding carboxylic acids is 1. The fourth-order valence-corrected chi connectivity index (χ4v) is 4.15. The van der Waals surface area contributed by atoms with E-state index in [1.807, 2.05) is 0 Å². The summed E-state index contributed by atoms with van der Waals surface area (Å²) >= 11 is 5.83. The van der Waals surface area contributed by atoms with Crippen molar-refractivity contribution in [1.82, 2.24) is 4.90 Å². The molecule has 0 saturated carbocycles. The van der Waals surface area contributed by atoms with Gasteiger partial charge in [-0.15, -0.1) is 0 Å². The van der Waals surface area contributed by atoms with E-state index in [0.29, 0.717) is 37.0 Å². The van der Waals surface area contributed by atoms with Crippen LogP contribution in [0.3, 0.4) is 0 Å². The van der Waals surface area contributed by atoms with Gasteiger partial charge in [0, 0.05) is 25.2 Å². The predicted molar refractivity (Wildman–Crippen MR) is 105 cm³/mol. The first-order chi connectivity index (χ1) is 12.9. The first kappa shape index (κ1) is 19.7. The van der Waals surface area contributed by atoms with Crippen molar-refractivity contribution in [2.24, 2.45) is 0 Å². The molecular weight excluding hydrogens is 388 g/mol. The van der Waals surface area contributed by atoms with Crippen LogP contribution in [0, 0.1) is 0 Å². The molecule has 144 valence electrons. The molecule has 1 aliphatic heterocycles. The zero-order valence-corrected chi connectivity index (χ0v) is 16.5. The highest BCUT2D eigenvalue weighted by molar-refractivity contribution is 7.92. The standard InChI is InChI=1S/C19H21ClN2O4S/c1-21(27(24,25)18-8-4-16(20)5-9-18)17-6-2-15(3-7-17)14-19(23)22-10-12-26-13-11-22/h2-9H,10-14H2,1H3. The minimum Gasteiger partial charge on any atom is -0.378 e. The molecule has 1 fully saturated rings. The maximum absolute atomic E-state index is 12.7. The number of morpholine rings is 1. The molecule has 0 atom stereocenters. The van der Waals surface area contributed by atoms with Gasteiger partial charge in [0.25, 0.3) is 10.0 Å². The van der Waals surface area contributed by atoms with Crippen LogP contribution in [0.5, 0.6) is 0 Å². The molecule has 0 spiro atoms. The summed E-state index contributed by atoms with van der Waals surface area (Å²) in [5, 5.41) is 0.478. The Kier molecular flexibility index (Phi) is 6.04. The van der Waals surface area contributed by atoms with E-state index in [4.69, 9.17) is 16.3 Å². The molecule has 1 amide bonds. The number of hydrogen-bond donors (Lipinski definition) is 0. The van der Waals surface area contributed by atoms with E-state index < -0.39 is 10.0 Å². The molecule has 0 aromatic heterocycles. The molecule has 1 aliphatic rings. The average molecular weight is 409 g/mol. The summed E-state index contributed by atoms with van der Waals surface area (Å²) in [4.78, 5) is 14.3. The van der Waals surface area contributed by atoms with Crippen molar-refractivity contribution in [3.05, 3.63) is 59.1 Å². The van der Waals surface area contributed by atoms with E-state index in [-0.39, 0.29) is 17.2 Å². The van der Waals surface area contributed by atoms with Crippen LogP contribution in [0.4, 0.5) is 5.69 Å². The molecule has 0 aliphatic carbocycles. The third kappa shape index (κ3) is 4.61. The van der Waals surface area contributed by atoms with Crippen molar-refractivity contribution >= 4 is 33.2 Å². The summed E-state index contributed by atoms with van der Waals surface area (Å²) < 4.78 is 31.9. The van der Waals surface area contributed by atoms with Crippen molar-refractivity contribution < 1.29 is 17.9 Å². The smallest absolute Gasteiger partial charge is 0.264 e. The van der Waals surface area contributed by atoms with Crippen LogP contribution in [0.15, 0.2) is 53.4 Å². The van der Waals surface area contributed by atoms with Gasteiger partial charge in [-0.1, -0.05) is 23.7 Å². The number of anilines is 1. The van der Waals surface area contributed by atoms with Gasteiger partial charge in [0.15, 0.2) is 0 Å². The first-order valence-electron chi connectivity index (χ1n) is 8.57. The minimum atomic E-state index is -3.68. The summed E-state index contributed by atoms with van der Waals surface area (Å²) in [6.45, 7) is 2.36. The summed E-state index contributed by atoms with van der Waals surface area (Å²) in [5.74, 6) is 0.0493. The number of rotatable bonds is 5. The first-order valence-corrected chi connectivity index (χ1v) is 10.4. The SMILES string of the molecule is CN(c1ccc(CC(=O)N2CCOCC2)cc1)S(=O)(=O)c1ccc(Cl)cc1. The summed E-state index contributed by atoms with van der Waals surface area (Å²) in [6.07, 6.45) is 0.286. The Morgan fingerprint density at radius 1 is 1.07 bits per heavy atom. The maximum Gasteiger partial charge on any atom is 0.264 e. The Labute approximate surface area is 164 Å². The van der Waals surface area contributed by atoms with Crippen LogP contribution in [0.2, 0.25) is 5.02 Å². The molecule has 2 aromatic carbocycles. The molecule has 6 nitrogen and oxygen atoms in total. The van der Waals surface area contributed by atoms with Crippen molar-refractivity contribution in [3.8, 4) is 0 Å². The molecule has 27 heavy (non-hydrogen) atoms. The molecule has 3 rings (SSSR count). The van der Waals surface area contributed by atoms with E-state index in [2.05, 4.69) is 0 Å². The van der Waals surface area contributed by atoms with Crippen LogP contribution in [0.1, 0.15) is 5.56 Å². The van der Waals surface area contributed by atoms with E-state index in [1.165, 1.54) is 23.5 Å². The number of sulfonamides is 1. The zero-order valence-electron chi connectivity index (χ0n) is 15.0. The van der Waals surface area contributed by atoms with Crippen molar-refractivity contribution in [3.63, 3.8) is 0 Å². The van der Waals surface area contributed by atoms with E-state index in [0.717, 1.165) is 5.56 Å². The minimum absolute atomic E-state index is 0.0493. The number of carbonyl (C=O) groups is 1. The van der Waals surface area contributed by atoms with Gasteiger partial charge in [-0.05, 0) is 42.0 Å². The lowest BCUT2D eigenvalue weighted by atomic mass is 10.1. The molecule has 0 bridgehead atoms. The van der Waals surface area contributed by atoms with Crippen molar-refractivity contribution in [1.29, 1.82) is 0 Å². The van der Waals surface area contributed by atoms with E-state index >= 15 is 0 Å². The quantitative estimate of drug-likeness (QED) is 0.762. The van der Waals surface area contributed by atoms with Gasteiger partial charge in [0.2, 0.25) is 5.91 Å². The highest BCUT2D eigenvalue weighted by atomic mass is 35.5. The second-order valence-electron chi connectivity index (χ2n) is 6.26. The highest BCUT2D eigenvalue weighted by Crippen LogP contribution is 2.23. The van der Waals surface area contributed by atoms with Crippen LogP contribution in [0.25, 0.3) is 0 Å². The van der Waals surface area contributed by atoms with Gasteiger partial charge in [-0.3, -0.25) is 9.10 Å². The zero-order chi connectivity index (χ0) is 19.4.